The molecule has 0 radical (unpaired) electrons. The summed E-state index contributed by atoms with van der Waals surface area (Å²) in [7, 11) is 1.37. The minimum atomic E-state index is -4.68. The van der Waals surface area contributed by atoms with Crippen molar-refractivity contribution >= 4 is 64.2 Å². The molecule has 3 rings (SSSR count). The van der Waals surface area contributed by atoms with E-state index in [9.17, 15) is 22.8 Å². The number of halogens is 4. The van der Waals surface area contributed by atoms with Crippen LogP contribution in [-0.2, 0) is 15.7 Å². The van der Waals surface area contributed by atoms with Crippen LogP contribution in [0, 0.1) is 0 Å². The summed E-state index contributed by atoms with van der Waals surface area (Å²) in [6.45, 7) is 8.32. The Labute approximate surface area is 223 Å². The highest BCUT2D eigenvalue weighted by Gasteiger charge is 2.50. The Morgan fingerprint density at radius 1 is 1.14 bits per heavy atom. The molecule has 37 heavy (non-hydrogen) atoms. The molecule has 1 heterocycles. The maximum atomic E-state index is 13.8. The number of anilines is 3. The smallest absolute Gasteiger partial charge is 0.417 e. The molecule has 2 amide bonds. The Kier molecular flexibility index (Phi) is 7.63. The van der Waals surface area contributed by atoms with Crippen molar-refractivity contribution < 1.29 is 27.5 Å². The van der Waals surface area contributed by atoms with Gasteiger partial charge in [0.1, 0.15) is 11.1 Å². The van der Waals surface area contributed by atoms with Gasteiger partial charge in [0, 0.05) is 24.5 Å². The third-order valence-electron chi connectivity index (χ3n) is 5.38. The zero-order valence-electron chi connectivity index (χ0n) is 21.0. The number of hydrogen-bond donors (Lipinski definition) is 1. The predicted molar refractivity (Wildman–Crippen MR) is 143 cm³/mol. The first kappa shape index (κ1) is 28.4. The van der Waals surface area contributed by atoms with E-state index in [0.717, 1.165) is 17.2 Å². The van der Waals surface area contributed by atoms with Crippen molar-refractivity contribution in [3.05, 3.63) is 52.5 Å². The third-order valence-corrected chi connectivity index (χ3v) is 6.08. The van der Waals surface area contributed by atoms with E-state index in [1.807, 2.05) is 0 Å². The van der Waals surface area contributed by atoms with Gasteiger partial charge in [0.2, 0.25) is 0 Å². The largest absolute Gasteiger partial charge is 0.444 e. The van der Waals surface area contributed by atoms with Gasteiger partial charge in [0.15, 0.2) is 5.11 Å². The molecule has 198 valence electrons. The summed E-state index contributed by atoms with van der Waals surface area (Å²) in [4.78, 5) is 32.0. The fourth-order valence-corrected chi connectivity index (χ4v) is 4.49. The summed E-state index contributed by atoms with van der Waals surface area (Å²) in [6.07, 6.45) is -4.31. The summed E-state index contributed by atoms with van der Waals surface area (Å²) < 4.78 is 46.5. The molecular weight excluding hydrogens is 529 g/mol. The second-order valence-electron chi connectivity index (χ2n) is 9.77. The van der Waals surface area contributed by atoms with E-state index in [0.29, 0.717) is 5.69 Å². The summed E-state index contributed by atoms with van der Waals surface area (Å²) in [5.41, 5.74) is -2.52. The molecule has 0 saturated carbocycles. The topological polar surface area (TPSA) is 74.2 Å². The SMILES string of the molecule is CN=Cc1ccc(N2C(=O)C(C)(C)N(c3ccc(Cl)c(NC(=O)OC(C)(C)C)c3)C2=S)cc1C(F)(F)F. The van der Waals surface area contributed by atoms with Crippen LogP contribution >= 0.6 is 23.8 Å². The number of amides is 2. The number of carbonyl (C=O) groups excluding carboxylic acids is 2. The lowest BCUT2D eigenvalue weighted by molar-refractivity contribution is -0.137. The van der Waals surface area contributed by atoms with Crippen LogP contribution < -0.4 is 15.1 Å². The molecule has 1 saturated heterocycles. The highest BCUT2D eigenvalue weighted by molar-refractivity contribution is 7.81. The maximum Gasteiger partial charge on any atom is 0.417 e. The van der Waals surface area contributed by atoms with Crippen molar-refractivity contribution in [3.63, 3.8) is 0 Å². The average molecular weight is 555 g/mol. The number of thiocarbonyl (C=S) groups is 1. The van der Waals surface area contributed by atoms with E-state index in [-0.39, 0.29) is 27.1 Å². The normalized spacial score (nSPS) is 16.1. The lowest BCUT2D eigenvalue weighted by Crippen LogP contribution is -2.44. The van der Waals surface area contributed by atoms with E-state index in [2.05, 4.69) is 10.3 Å². The molecule has 1 aliphatic heterocycles. The van der Waals surface area contributed by atoms with Crippen molar-refractivity contribution in [2.45, 2.75) is 51.9 Å². The highest BCUT2D eigenvalue weighted by atomic mass is 35.5. The van der Waals surface area contributed by atoms with Gasteiger partial charge in [0.05, 0.1) is 22.0 Å². The van der Waals surface area contributed by atoms with Crippen LogP contribution in [0.15, 0.2) is 41.4 Å². The van der Waals surface area contributed by atoms with Gasteiger partial charge in [-0.05, 0) is 77.2 Å². The molecule has 2 aromatic rings. The maximum absolute atomic E-state index is 13.8. The molecule has 1 aliphatic rings. The zero-order chi connectivity index (χ0) is 27.9. The molecule has 1 N–H and O–H groups in total. The van der Waals surface area contributed by atoms with E-state index < -0.39 is 34.9 Å². The van der Waals surface area contributed by atoms with Crippen LogP contribution in [0.3, 0.4) is 0 Å². The molecule has 0 spiro atoms. The Hall–Kier alpha value is -3.18. The zero-order valence-corrected chi connectivity index (χ0v) is 22.6. The van der Waals surface area contributed by atoms with Crippen molar-refractivity contribution in [2.24, 2.45) is 4.99 Å². The van der Waals surface area contributed by atoms with Gasteiger partial charge >= 0.3 is 12.3 Å². The lowest BCUT2D eigenvalue weighted by Gasteiger charge is -2.30. The Bertz CT molecular complexity index is 1290. The monoisotopic (exact) mass is 554 g/mol. The van der Waals surface area contributed by atoms with Gasteiger partial charge in [-0.2, -0.15) is 13.2 Å². The van der Waals surface area contributed by atoms with Crippen LogP contribution in [0.2, 0.25) is 5.02 Å². The predicted octanol–water partition coefficient (Wildman–Crippen LogP) is 6.67. The molecule has 0 atom stereocenters. The Balaban J connectivity index is 2.03. The average Bonchev–Trinajstić information content (AvgIpc) is 2.92. The molecule has 0 bridgehead atoms. The second kappa shape index (κ2) is 9.94. The van der Waals surface area contributed by atoms with Gasteiger partial charge < -0.3 is 9.64 Å². The fourth-order valence-electron chi connectivity index (χ4n) is 3.80. The summed E-state index contributed by atoms with van der Waals surface area (Å²) in [6, 6.07) is 8.11. The van der Waals surface area contributed by atoms with Gasteiger partial charge in [-0.25, -0.2) is 4.79 Å². The van der Waals surface area contributed by atoms with Gasteiger partial charge in [-0.15, -0.1) is 0 Å². The molecule has 0 aromatic heterocycles. The molecule has 0 aliphatic carbocycles. The summed E-state index contributed by atoms with van der Waals surface area (Å²) >= 11 is 11.9. The molecule has 12 heteroatoms. The van der Waals surface area contributed by atoms with E-state index in [1.165, 1.54) is 36.2 Å². The van der Waals surface area contributed by atoms with Crippen LogP contribution in [0.1, 0.15) is 45.7 Å². The summed E-state index contributed by atoms with van der Waals surface area (Å²) in [5, 5.41) is 2.75. The number of benzene rings is 2. The fraction of sp³-hybridized carbons (Fsp3) is 0.360. The lowest BCUT2D eigenvalue weighted by atomic mass is 10.0. The highest BCUT2D eigenvalue weighted by Crippen LogP contribution is 2.40. The first-order valence-corrected chi connectivity index (χ1v) is 11.9. The quantitative estimate of drug-likeness (QED) is 0.337. The summed E-state index contributed by atoms with van der Waals surface area (Å²) in [5.74, 6) is -0.529. The van der Waals surface area contributed by atoms with Gasteiger partial charge in [-0.1, -0.05) is 17.7 Å². The molecular formula is C25H26ClF3N4O3S. The number of carbonyl (C=O) groups is 2. The van der Waals surface area contributed by atoms with Crippen molar-refractivity contribution in [3.8, 4) is 0 Å². The number of rotatable bonds is 4. The van der Waals surface area contributed by atoms with Crippen molar-refractivity contribution in [1.82, 2.24) is 0 Å². The van der Waals surface area contributed by atoms with E-state index in [4.69, 9.17) is 28.6 Å². The number of alkyl halides is 3. The number of aliphatic imine (C=N–C) groups is 1. The molecule has 1 fully saturated rings. The van der Waals surface area contributed by atoms with Crippen molar-refractivity contribution in [2.75, 3.05) is 22.2 Å². The van der Waals surface area contributed by atoms with Crippen molar-refractivity contribution in [1.29, 1.82) is 0 Å². The van der Waals surface area contributed by atoms with Gasteiger partial charge in [-0.3, -0.25) is 20.0 Å². The molecule has 0 unspecified atom stereocenters. The first-order valence-electron chi connectivity index (χ1n) is 11.1. The van der Waals surface area contributed by atoms with Crippen LogP contribution in [0.4, 0.5) is 35.0 Å². The third kappa shape index (κ3) is 5.88. The first-order chi connectivity index (χ1) is 17.0. The van der Waals surface area contributed by atoms with Crippen LogP contribution in [0.25, 0.3) is 0 Å². The minimum absolute atomic E-state index is 0.0350. The van der Waals surface area contributed by atoms with Crippen LogP contribution in [0.5, 0.6) is 0 Å². The Morgan fingerprint density at radius 3 is 2.32 bits per heavy atom. The Morgan fingerprint density at radius 2 is 1.76 bits per heavy atom. The number of nitrogens with one attached hydrogen (secondary N) is 1. The van der Waals surface area contributed by atoms with E-state index in [1.54, 1.807) is 40.7 Å². The number of ether oxygens (including phenoxy) is 1. The van der Waals surface area contributed by atoms with Gasteiger partial charge in [0.25, 0.3) is 5.91 Å². The number of nitrogens with zero attached hydrogens (tertiary/aromatic N) is 3. The minimum Gasteiger partial charge on any atom is -0.444 e. The van der Waals surface area contributed by atoms with Crippen LogP contribution in [-0.4, -0.2) is 41.5 Å². The van der Waals surface area contributed by atoms with E-state index >= 15 is 0 Å². The molecule has 7 nitrogen and oxygen atoms in total. The molecule has 2 aromatic carbocycles. The standard InChI is InChI=1S/C25H26ClF3N4O3S/c1-23(2,3)36-21(35)31-19-12-16(9-10-18(19)26)33-22(37)32(20(34)24(33,4)5)15-8-7-14(13-30-6)17(11-15)25(27,28)29/h7-13H,1-6H3,(H,31,35). The number of hydrogen-bond acceptors (Lipinski definition) is 5. The second-order valence-corrected chi connectivity index (χ2v) is 10.5.